The number of aliphatic hydroxyl groups excluding tert-OH is 14. The van der Waals surface area contributed by atoms with Gasteiger partial charge < -0.3 is 164 Å². The highest BCUT2D eigenvalue weighted by molar-refractivity contribution is 5.72. The summed E-state index contributed by atoms with van der Waals surface area (Å²) < 4.78 is 31.0. The zero-order chi connectivity index (χ0) is 106. The number of likely N-dealkylation sites (tertiary alicyclic amines) is 11. The minimum atomic E-state index is -0.713. The van der Waals surface area contributed by atoms with Crippen molar-refractivity contribution in [3.63, 3.8) is 0 Å². The molecule has 4 unspecified atom stereocenters. The van der Waals surface area contributed by atoms with Gasteiger partial charge in [-0.1, -0.05) is 41.5 Å². The first-order valence-corrected chi connectivity index (χ1v) is 51.4. The van der Waals surface area contributed by atoms with Crippen LogP contribution < -0.4 is 0 Å². The third-order valence-corrected chi connectivity index (χ3v) is 28.8. The lowest BCUT2D eigenvalue weighted by Crippen LogP contribution is -2.44. The molecule has 140 heavy (non-hydrogen) atoms. The minimum Gasteiger partial charge on any atom is -0.466 e. The maximum absolute atomic E-state index is 11.5. The van der Waals surface area contributed by atoms with E-state index in [9.17, 15) is 39.0 Å². The van der Waals surface area contributed by atoms with Crippen molar-refractivity contribution in [3.8, 4) is 0 Å². The molecule has 0 spiro atoms. The third kappa shape index (κ3) is 53.6. The molecule has 0 aromatic rings. The van der Waals surface area contributed by atoms with Gasteiger partial charge in [0.2, 0.25) is 0 Å². The Hall–Kier alpha value is -4.26. The van der Waals surface area contributed by atoms with E-state index in [4.69, 9.17) is 99.9 Å². The molecule has 0 aromatic carbocycles. The molecule has 828 valence electrons. The normalized spacial score (nSPS) is 30.1. The van der Waals surface area contributed by atoms with Crippen molar-refractivity contribution in [3.05, 3.63) is 0 Å². The summed E-state index contributed by atoms with van der Waals surface area (Å²) >= 11 is 0. The second-order valence-electron chi connectivity index (χ2n) is 43.5. The summed E-state index contributed by atoms with van der Waals surface area (Å²) in [5.74, 6) is 5.04. The van der Waals surface area contributed by atoms with E-state index >= 15 is 0 Å². The fourth-order valence-corrected chi connectivity index (χ4v) is 20.5. The van der Waals surface area contributed by atoms with Gasteiger partial charge in [-0.3, -0.25) is 28.8 Å². The molecule has 11 aliphatic rings. The number of nitrogens with zero attached hydrogens (tertiary/aromatic N) is 11. The van der Waals surface area contributed by atoms with Crippen molar-refractivity contribution in [1.29, 1.82) is 0 Å². The molecule has 11 fully saturated rings. The lowest BCUT2D eigenvalue weighted by molar-refractivity contribution is -0.152. The smallest absolute Gasteiger partial charge is 0.308 e. The van der Waals surface area contributed by atoms with Crippen LogP contribution in [-0.2, 0) is 57.2 Å². The van der Waals surface area contributed by atoms with Gasteiger partial charge in [0.05, 0.1) is 74.9 Å². The van der Waals surface area contributed by atoms with Crippen LogP contribution in [0.5, 0.6) is 0 Å². The number of rotatable bonds is 34. The van der Waals surface area contributed by atoms with E-state index in [0.717, 1.165) is 157 Å². The zero-order valence-corrected chi connectivity index (χ0v) is 90.4. The van der Waals surface area contributed by atoms with Crippen LogP contribution in [0.3, 0.4) is 0 Å². The van der Waals surface area contributed by atoms with Crippen molar-refractivity contribution in [2.75, 3.05) is 340 Å². The van der Waals surface area contributed by atoms with Crippen molar-refractivity contribution >= 4 is 35.8 Å². The maximum atomic E-state index is 11.5. The Bertz CT molecular complexity index is 2930. The molecule has 22 atom stereocenters. The largest absolute Gasteiger partial charge is 0.466 e. The van der Waals surface area contributed by atoms with E-state index in [1.54, 1.807) is 13.8 Å². The van der Waals surface area contributed by atoms with Crippen molar-refractivity contribution in [2.45, 2.75) is 145 Å². The number of aliphatic hydroxyl groups is 16. The fraction of sp³-hybridized carbons (Fsp3) is 0.941. The topological polar surface area (TPSA) is 517 Å². The number of hydrogen-bond donors (Lipinski definition) is 16. The summed E-state index contributed by atoms with van der Waals surface area (Å²) in [5.41, 5.74) is -1.43. The SMILES string of the molecule is CC(=O)OC[C@@H]1CN(C)C[C@@H]1COC(C)=O.CC(C)C(=O)OC[C@@H]1CN(C)C[C@@H]1COC(=O)C(C)C.CCC(=O)OC[C@@H]1CN(C)C[C@@H]1COC(=O)CC.CN1CC(C(C)(C)O)C(C(C)(C)O)C1.CN1CC(CO)C(CO)C1.CN1C[C@@H](CCO)[C@@H](CCO)C1.CN1C[C@@H](CO)[C@@H](CO)C1.CN1C[C@@H](CO)[C@@H](CO)C1.CN1C[C@@H](CO)[C@H](CO)C1.CN1C[C@@H](O)[C@@H](O)C1.CN1C[C@H](CCO)[C@@H](CCO)C1. The number of hydrogen-bond acceptors (Lipinski definition) is 39. The minimum absolute atomic E-state index is 0.105. The molecule has 11 aliphatic heterocycles. The van der Waals surface area contributed by atoms with Gasteiger partial charge in [-0.2, -0.15) is 0 Å². The molecule has 0 aromatic heterocycles. The van der Waals surface area contributed by atoms with Gasteiger partial charge in [-0.25, -0.2) is 0 Å². The van der Waals surface area contributed by atoms with Crippen LogP contribution in [0.1, 0.15) is 122 Å². The van der Waals surface area contributed by atoms with Crippen LogP contribution in [0, 0.1) is 130 Å². The summed E-state index contributed by atoms with van der Waals surface area (Å²) in [6, 6.07) is 0. The maximum Gasteiger partial charge on any atom is 0.308 e. The van der Waals surface area contributed by atoms with Gasteiger partial charge >= 0.3 is 35.8 Å². The quantitative estimate of drug-likeness (QED) is 0.0264. The Labute approximate surface area is 840 Å². The molecule has 0 saturated carbocycles. The molecule has 11 heterocycles. The van der Waals surface area contributed by atoms with E-state index in [1.807, 2.05) is 124 Å². The Kier molecular flexibility index (Phi) is 68.9. The van der Waals surface area contributed by atoms with Gasteiger partial charge in [0.1, 0.15) is 0 Å². The summed E-state index contributed by atoms with van der Waals surface area (Å²) in [6.07, 6.45) is 3.28. The van der Waals surface area contributed by atoms with Crippen molar-refractivity contribution in [1.82, 2.24) is 53.9 Å². The highest BCUT2D eigenvalue weighted by Crippen LogP contribution is 2.39. The predicted molar refractivity (Wildman–Crippen MR) is 538 cm³/mol. The second kappa shape index (κ2) is 72.2. The first-order valence-electron chi connectivity index (χ1n) is 51.4. The van der Waals surface area contributed by atoms with Crippen LogP contribution in [-0.4, -0.2) is 535 Å². The molecule has 16 N–H and O–H groups in total. The van der Waals surface area contributed by atoms with E-state index in [1.165, 1.54) is 13.8 Å². The van der Waals surface area contributed by atoms with Gasteiger partial charge in [-0.15, -0.1) is 0 Å². The Morgan fingerprint density at radius 3 is 0.557 bits per heavy atom. The molecule has 39 nitrogen and oxygen atoms in total. The van der Waals surface area contributed by atoms with Gasteiger partial charge in [0.25, 0.3) is 0 Å². The number of ether oxygens (including phenoxy) is 6. The first-order chi connectivity index (χ1) is 65.8. The zero-order valence-electron chi connectivity index (χ0n) is 90.4. The fourth-order valence-electron chi connectivity index (χ4n) is 20.5. The Morgan fingerprint density at radius 1 is 0.257 bits per heavy atom. The van der Waals surface area contributed by atoms with Crippen LogP contribution in [0.15, 0.2) is 0 Å². The second-order valence-corrected chi connectivity index (χ2v) is 43.5. The van der Waals surface area contributed by atoms with Crippen molar-refractivity contribution in [2.24, 2.45) is 130 Å². The number of likely N-dealkylation sites (N-methyl/N-ethyl adjacent to an activating group) is 1. The third-order valence-electron chi connectivity index (χ3n) is 28.8. The molecule has 0 radical (unpaired) electrons. The summed E-state index contributed by atoms with van der Waals surface area (Å²) in [4.78, 5) is 90.5. The summed E-state index contributed by atoms with van der Waals surface area (Å²) in [6.45, 7) is 46.0. The molecule has 0 amide bonds. The van der Waals surface area contributed by atoms with Gasteiger partial charge in [0.15, 0.2) is 0 Å². The standard InChI is InChI=1S/C15H27NO4.C13H23NO4.C11H19NO4.C11H23NO2.2C9H19NO2.4C7H15NO2.C5H11NO2/c1-10(2)14(17)19-8-12-6-16(5)7-13(12)9-20-15(18)11(3)4;1-4-12(15)17-8-10-6-14(3)7-11(10)9-18-13(16)5-2;1-8(13)15-6-10-4-12(3)5-11(10)7-16-9(2)14;1-10(2,13)8-6-12(5)7-9(8)11(3,4)14;2*1-10-6-8(2-4-11)9(7-10)3-5-12;4*1-8-2-6(4-9)7(3-8)5-10;1-6-2-4(7)5(8)3-6/h10-13H,6-9H2,1-5H3;10-11H,4-9H2,1-3H3;10-11H,4-7H2,1-3H3;8-9,13-14H,6-7H2,1-5H3;2*8-9,11-12H,2-7H2,1H3;4*6-7,9-10H,2-5H2,1H3;4-5,7-8H,2-3H2,1H3/t12-,13+;2*10-,11+;;8-,9+;8-,9-;2*6-,7+;6-,7-;;4-,5+/m.....0..0../s1. The number of carbonyl (C=O) groups is 6. The average molecular weight is 2020 g/mol. The molecule has 0 bridgehead atoms. The number of β-amino-alcohol motifs (C(OH)–C–C–N with tert-alkyl or cyclic N) is 2. The van der Waals surface area contributed by atoms with E-state index in [2.05, 4.69) is 63.1 Å². The van der Waals surface area contributed by atoms with Crippen LogP contribution >= 0.6 is 0 Å². The van der Waals surface area contributed by atoms with Gasteiger partial charge in [-0.05, 0) is 155 Å². The number of esters is 6. The molecule has 0 aliphatic carbocycles. The van der Waals surface area contributed by atoms with Crippen molar-refractivity contribution < 1.29 is 139 Å². The lowest BCUT2D eigenvalue weighted by Gasteiger charge is -2.36. The highest BCUT2D eigenvalue weighted by atomic mass is 16.6. The predicted octanol–water partition coefficient (Wildman–Crippen LogP) is -1.26. The average Bonchev–Trinajstić information content (AvgIpc) is 1.64. The molecule has 11 rings (SSSR count). The molecular weight excluding hydrogens is 1820 g/mol. The van der Waals surface area contributed by atoms with Crippen LogP contribution in [0.25, 0.3) is 0 Å². The Balaban J connectivity index is 0.000000777. The molecular formula is C101H201N11O28. The number of carbonyl (C=O) groups excluding carboxylic acids is 6. The summed E-state index contributed by atoms with van der Waals surface area (Å²) in [7, 11) is 22.2. The van der Waals surface area contributed by atoms with E-state index < -0.39 is 23.4 Å². The van der Waals surface area contributed by atoms with E-state index in [-0.39, 0.29) is 222 Å². The highest BCUT2D eigenvalue weighted by Gasteiger charge is 2.47. The first kappa shape index (κ1) is 134. The Morgan fingerprint density at radius 2 is 0.414 bits per heavy atom. The van der Waals surface area contributed by atoms with E-state index in [0.29, 0.717) is 89.2 Å². The molecule has 39 heteroatoms. The molecule has 11 saturated heterocycles. The summed E-state index contributed by atoms with van der Waals surface area (Å²) in [5, 5.41) is 144. The van der Waals surface area contributed by atoms with Crippen LogP contribution in [0.4, 0.5) is 0 Å². The monoisotopic (exact) mass is 2020 g/mol. The lowest BCUT2D eigenvalue weighted by atomic mass is 9.75. The van der Waals surface area contributed by atoms with Crippen LogP contribution in [0.2, 0.25) is 0 Å². The van der Waals surface area contributed by atoms with Gasteiger partial charge in [0, 0.05) is 345 Å².